The molecule has 0 radical (unpaired) electrons. The van der Waals surface area contributed by atoms with Crippen LogP contribution in [-0.2, 0) is 10.1 Å². The molecule has 0 aromatic heterocycles. The van der Waals surface area contributed by atoms with Gasteiger partial charge in [0.2, 0.25) is 0 Å². The molecule has 5 heteroatoms. The zero-order chi connectivity index (χ0) is 3.58. The molecule has 0 saturated heterocycles. The van der Waals surface area contributed by atoms with Crippen molar-refractivity contribution in [3.8, 4) is 0 Å². The molecule has 0 bridgehead atoms. The summed E-state index contributed by atoms with van der Waals surface area (Å²) >= 11 is 9.74. The molecule has 0 amide bonds. The van der Waals surface area contributed by atoms with Crippen LogP contribution < -0.4 is 6.15 Å². The van der Waals surface area contributed by atoms with Crippen molar-refractivity contribution in [1.29, 1.82) is 0 Å². The van der Waals surface area contributed by atoms with Crippen LogP contribution in [0.25, 0.3) is 0 Å². The van der Waals surface area contributed by atoms with Gasteiger partial charge in [-0.2, -0.15) is 0 Å². The summed E-state index contributed by atoms with van der Waals surface area (Å²) in [5.74, 6) is 0. The standard InChI is InChI=1S/3BrH.H3N.Ru/h3*1H;1H3;/q;;;;+3/p-3. The van der Waals surface area contributed by atoms with E-state index in [0.717, 1.165) is 0 Å². The third-order valence-electron chi connectivity index (χ3n) is 0. The molecule has 0 spiro atoms. The van der Waals surface area contributed by atoms with Crippen molar-refractivity contribution < 1.29 is 10.1 Å². The molecule has 0 aromatic carbocycles. The average molecular weight is 358 g/mol. The molecule has 0 saturated carbocycles. The maximum absolute atomic E-state index is 3.25. The van der Waals surface area contributed by atoms with Crippen LogP contribution in [0.5, 0.6) is 0 Å². The van der Waals surface area contributed by atoms with Gasteiger partial charge in [-0.15, -0.1) is 0 Å². The van der Waals surface area contributed by atoms with Crippen molar-refractivity contribution in [2.45, 2.75) is 0 Å². The van der Waals surface area contributed by atoms with Crippen LogP contribution in [0.1, 0.15) is 0 Å². The van der Waals surface area contributed by atoms with Crippen molar-refractivity contribution >= 4 is 40.9 Å². The molecule has 0 fully saturated rings. The Hall–Kier alpha value is 2.02. The first-order valence-corrected chi connectivity index (χ1v) is 12.3. The summed E-state index contributed by atoms with van der Waals surface area (Å²) in [7, 11) is -0.732. The summed E-state index contributed by atoms with van der Waals surface area (Å²) in [6, 6.07) is 0. The summed E-state index contributed by atoms with van der Waals surface area (Å²) in [6.07, 6.45) is 0. The Morgan fingerprint density at radius 3 is 1.00 bits per heavy atom. The van der Waals surface area contributed by atoms with Gasteiger partial charge >= 0.3 is 50.9 Å². The fourth-order valence-corrected chi connectivity index (χ4v) is 0. The molecule has 0 heterocycles. The molecule has 0 unspecified atom stereocenters. The van der Waals surface area contributed by atoms with E-state index < -0.39 is 10.1 Å². The molecular formula is H3Br3NRu. The van der Waals surface area contributed by atoms with Gasteiger partial charge in [0.15, 0.2) is 0 Å². The van der Waals surface area contributed by atoms with Gasteiger partial charge in [-0.25, -0.2) is 0 Å². The van der Waals surface area contributed by atoms with Gasteiger partial charge in [-0.3, -0.25) is 0 Å². The van der Waals surface area contributed by atoms with Crippen LogP contribution in [0.2, 0.25) is 0 Å². The molecule has 1 nitrogen and oxygen atoms in total. The predicted molar refractivity (Wildman–Crippen MR) is 31.8 cm³/mol. The van der Waals surface area contributed by atoms with Crippen LogP contribution in [0.3, 0.4) is 0 Å². The molecule has 0 aliphatic carbocycles. The van der Waals surface area contributed by atoms with Crippen molar-refractivity contribution in [3.05, 3.63) is 0 Å². The van der Waals surface area contributed by atoms with E-state index in [0.29, 0.717) is 0 Å². The summed E-state index contributed by atoms with van der Waals surface area (Å²) in [5.41, 5.74) is 0. The van der Waals surface area contributed by atoms with E-state index in [-0.39, 0.29) is 6.15 Å². The molecule has 37 valence electrons. The monoisotopic (exact) mass is 356 g/mol. The number of hydrogen-bond donors (Lipinski definition) is 1. The van der Waals surface area contributed by atoms with E-state index in [1.54, 1.807) is 0 Å². The third-order valence-corrected chi connectivity index (χ3v) is 0. The molecule has 0 aliphatic rings. The Morgan fingerprint density at radius 2 is 1.00 bits per heavy atom. The topological polar surface area (TPSA) is 35.0 Å². The van der Waals surface area contributed by atoms with Gasteiger partial charge in [-0.1, -0.05) is 0 Å². The first-order chi connectivity index (χ1) is 1.73. The number of hydrogen-bond acceptors (Lipinski definition) is 1. The Kier molecular flexibility index (Phi) is 12.2. The molecule has 0 aromatic rings. The first-order valence-electron chi connectivity index (χ1n) is 0.401. The number of halogens is 3. The molecule has 0 atom stereocenters. The maximum atomic E-state index is 3.25. The van der Waals surface area contributed by atoms with Gasteiger partial charge in [0.1, 0.15) is 0 Å². The Morgan fingerprint density at radius 1 is 1.00 bits per heavy atom. The van der Waals surface area contributed by atoms with E-state index in [1.165, 1.54) is 0 Å². The van der Waals surface area contributed by atoms with Gasteiger partial charge < -0.3 is 6.15 Å². The minimum atomic E-state index is -0.732. The van der Waals surface area contributed by atoms with Crippen LogP contribution in [0.15, 0.2) is 0 Å². The van der Waals surface area contributed by atoms with Crippen molar-refractivity contribution in [2.24, 2.45) is 0 Å². The third kappa shape index (κ3) is 23.8. The SMILES string of the molecule is N.[Br][Ru]([Br])[Br]. The van der Waals surface area contributed by atoms with Crippen LogP contribution in [0, 0.1) is 0 Å². The summed E-state index contributed by atoms with van der Waals surface area (Å²) in [4.78, 5) is 0. The van der Waals surface area contributed by atoms with Crippen molar-refractivity contribution in [3.63, 3.8) is 0 Å². The Bertz CT molecular complexity index is 11.6. The molecular weight excluding hydrogens is 355 g/mol. The fraction of sp³-hybridized carbons (Fsp3) is 0. The average Bonchev–Trinajstić information content (AvgIpc) is 0.811. The van der Waals surface area contributed by atoms with Gasteiger partial charge in [0.05, 0.1) is 0 Å². The normalized spacial score (nSPS) is 9.00. The van der Waals surface area contributed by atoms with Crippen LogP contribution in [0.4, 0.5) is 0 Å². The zero-order valence-electron chi connectivity index (χ0n) is 2.19. The minimum absolute atomic E-state index is 0. The van der Waals surface area contributed by atoms with Gasteiger partial charge in [0.25, 0.3) is 0 Å². The van der Waals surface area contributed by atoms with E-state index in [9.17, 15) is 0 Å². The van der Waals surface area contributed by atoms with E-state index in [4.69, 9.17) is 0 Å². The molecule has 3 N–H and O–H groups in total. The Labute approximate surface area is 56.4 Å². The molecule has 0 rings (SSSR count). The van der Waals surface area contributed by atoms with Crippen LogP contribution in [-0.4, -0.2) is 0 Å². The van der Waals surface area contributed by atoms with Gasteiger partial charge in [-0.05, 0) is 0 Å². The second kappa shape index (κ2) is 6.02. The summed E-state index contributed by atoms with van der Waals surface area (Å²) in [5, 5.41) is 0. The quantitative estimate of drug-likeness (QED) is 0.665. The van der Waals surface area contributed by atoms with Crippen LogP contribution >= 0.6 is 40.9 Å². The second-order valence-corrected chi connectivity index (χ2v) is 24.2. The summed E-state index contributed by atoms with van der Waals surface area (Å²) in [6.45, 7) is 0. The summed E-state index contributed by atoms with van der Waals surface area (Å²) < 4.78 is 0. The van der Waals surface area contributed by atoms with E-state index in [1.807, 2.05) is 0 Å². The van der Waals surface area contributed by atoms with Crippen molar-refractivity contribution in [1.82, 2.24) is 6.15 Å². The fourth-order valence-electron chi connectivity index (χ4n) is 0. The molecule has 0 aliphatic heterocycles. The second-order valence-electron chi connectivity index (χ2n) is 0.152. The van der Waals surface area contributed by atoms with E-state index in [2.05, 4.69) is 40.9 Å². The number of rotatable bonds is 0. The Balaban J connectivity index is 0. The van der Waals surface area contributed by atoms with E-state index >= 15 is 0 Å². The first kappa shape index (κ1) is 10.1. The zero-order valence-corrected chi connectivity index (χ0v) is 8.69. The van der Waals surface area contributed by atoms with Gasteiger partial charge in [0, 0.05) is 0 Å². The van der Waals surface area contributed by atoms with Crippen molar-refractivity contribution in [2.75, 3.05) is 0 Å². The molecule has 5 heavy (non-hydrogen) atoms. The predicted octanol–water partition coefficient (Wildman–Crippen LogP) is 2.70.